The highest BCUT2D eigenvalue weighted by atomic mass is 32.2. The van der Waals surface area contributed by atoms with Gasteiger partial charge in [0.1, 0.15) is 5.69 Å². The second-order valence-corrected chi connectivity index (χ2v) is 7.20. The molecule has 0 aliphatic heterocycles. The lowest BCUT2D eigenvalue weighted by Crippen LogP contribution is -2.23. The smallest absolute Gasteiger partial charge is 0.240 e. The monoisotopic (exact) mass is 356 g/mol. The Kier molecular flexibility index (Phi) is 4.78. The van der Waals surface area contributed by atoms with Gasteiger partial charge in [-0.2, -0.15) is 0 Å². The van der Waals surface area contributed by atoms with Gasteiger partial charge in [-0.3, -0.25) is 9.78 Å². The largest absolute Gasteiger partial charge is 0.463 e. The highest BCUT2D eigenvalue weighted by Crippen LogP contribution is 2.18. The number of pyridine rings is 1. The van der Waals surface area contributed by atoms with E-state index in [2.05, 4.69) is 9.71 Å². The number of nitrogens with zero attached hydrogens (tertiary/aromatic N) is 1. The lowest BCUT2D eigenvalue weighted by Gasteiger charge is -2.08. The zero-order valence-corrected chi connectivity index (χ0v) is 14.3. The van der Waals surface area contributed by atoms with Crippen molar-refractivity contribution in [3.63, 3.8) is 0 Å². The first-order valence-corrected chi connectivity index (χ1v) is 9.03. The van der Waals surface area contributed by atoms with Gasteiger partial charge in [-0.05, 0) is 48.9 Å². The first kappa shape index (κ1) is 17.1. The Morgan fingerprint density at radius 3 is 2.72 bits per heavy atom. The van der Waals surface area contributed by atoms with Gasteiger partial charge in [-0.1, -0.05) is 12.1 Å². The molecule has 6 nitrogen and oxygen atoms in total. The lowest BCUT2D eigenvalue weighted by molar-refractivity contribution is 0.101. The normalized spacial score (nSPS) is 11.4. The molecule has 3 aromatic rings. The van der Waals surface area contributed by atoms with Crippen LogP contribution in [0.25, 0.3) is 11.5 Å². The van der Waals surface area contributed by atoms with Crippen LogP contribution in [0.4, 0.5) is 0 Å². The van der Waals surface area contributed by atoms with E-state index >= 15 is 0 Å². The number of ketones is 1. The molecular weight excluding hydrogens is 340 g/mol. The lowest BCUT2D eigenvalue weighted by atomic mass is 10.2. The Bertz CT molecular complexity index is 995. The van der Waals surface area contributed by atoms with Crippen LogP contribution >= 0.6 is 0 Å². The van der Waals surface area contributed by atoms with Crippen LogP contribution in [0.2, 0.25) is 0 Å². The molecule has 2 heterocycles. The maximum absolute atomic E-state index is 12.4. The number of sulfonamides is 1. The maximum Gasteiger partial charge on any atom is 0.240 e. The van der Waals surface area contributed by atoms with Crippen LogP contribution < -0.4 is 4.72 Å². The van der Waals surface area contributed by atoms with Crippen LogP contribution in [0.5, 0.6) is 0 Å². The van der Waals surface area contributed by atoms with E-state index in [-0.39, 0.29) is 17.2 Å². The molecule has 0 amide bonds. The van der Waals surface area contributed by atoms with Gasteiger partial charge in [0.2, 0.25) is 10.0 Å². The number of benzene rings is 1. The van der Waals surface area contributed by atoms with Crippen molar-refractivity contribution in [3.05, 3.63) is 72.1 Å². The summed E-state index contributed by atoms with van der Waals surface area (Å²) in [6, 6.07) is 13.0. The summed E-state index contributed by atoms with van der Waals surface area (Å²) in [5, 5.41) is 0. The van der Waals surface area contributed by atoms with E-state index in [0.29, 0.717) is 17.0 Å². The van der Waals surface area contributed by atoms with Crippen molar-refractivity contribution >= 4 is 15.8 Å². The molecule has 0 radical (unpaired) electrons. The van der Waals surface area contributed by atoms with Crippen molar-refractivity contribution in [2.24, 2.45) is 0 Å². The van der Waals surface area contributed by atoms with Crippen molar-refractivity contribution in [2.75, 3.05) is 0 Å². The number of rotatable bonds is 6. The van der Waals surface area contributed by atoms with Crippen LogP contribution in [0.1, 0.15) is 22.8 Å². The fourth-order valence-corrected chi connectivity index (χ4v) is 3.35. The second kappa shape index (κ2) is 7.00. The average Bonchev–Trinajstić information content (AvgIpc) is 3.15. The molecule has 0 saturated heterocycles. The van der Waals surface area contributed by atoms with Crippen molar-refractivity contribution in [2.45, 2.75) is 18.4 Å². The minimum absolute atomic E-state index is 0.0560. The summed E-state index contributed by atoms with van der Waals surface area (Å²) in [7, 11) is -3.73. The molecule has 0 fully saturated rings. The third kappa shape index (κ3) is 4.01. The Labute approximate surface area is 145 Å². The number of aromatic nitrogens is 1. The number of nitrogens with one attached hydrogen (secondary N) is 1. The third-order valence-corrected chi connectivity index (χ3v) is 5.01. The van der Waals surface area contributed by atoms with Crippen LogP contribution in [0, 0.1) is 0 Å². The van der Waals surface area contributed by atoms with Crippen LogP contribution in [-0.2, 0) is 16.6 Å². The quantitative estimate of drug-likeness (QED) is 0.686. The molecule has 0 aliphatic carbocycles. The molecule has 0 unspecified atom stereocenters. The second-order valence-electron chi connectivity index (χ2n) is 5.44. The standard InChI is InChI=1S/C18H16N2O4S/c1-13(21)15-4-2-5-16(11-15)25(22,23)20-12-14-7-8-19-17(10-14)18-6-3-9-24-18/h2-11,20H,12H2,1H3. The van der Waals surface area contributed by atoms with Gasteiger partial charge in [0, 0.05) is 18.3 Å². The Hall–Kier alpha value is -2.77. The summed E-state index contributed by atoms with van der Waals surface area (Å²) in [4.78, 5) is 15.7. The SMILES string of the molecule is CC(=O)c1cccc(S(=O)(=O)NCc2ccnc(-c3ccco3)c2)c1. The number of carbonyl (C=O) groups excluding carboxylic acids is 1. The van der Waals surface area contributed by atoms with Gasteiger partial charge >= 0.3 is 0 Å². The van der Waals surface area contributed by atoms with Gasteiger partial charge < -0.3 is 4.42 Å². The summed E-state index contributed by atoms with van der Waals surface area (Å²) in [6.45, 7) is 1.50. The molecule has 3 rings (SSSR count). The van der Waals surface area contributed by atoms with Gasteiger partial charge in [0.25, 0.3) is 0 Å². The minimum Gasteiger partial charge on any atom is -0.463 e. The average molecular weight is 356 g/mol. The predicted molar refractivity (Wildman–Crippen MR) is 92.4 cm³/mol. The number of hydrogen-bond donors (Lipinski definition) is 1. The molecule has 0 atom stereocenters. The van der Waals surface area contributed by atoms with Gasteiger partial charge in [-0.15, -0.1) is 0 Å². The van der Waals surface area contributed by atoms with Crippen LogP contribution in [0.15, 0.2) is 70.3 Å². The molecular formula is C18H16N2O4S. The summed E-state index contributed by atoms with van der Waals surface area (Å²) >= 11 is 0. The predicted octanol–water partition coefficient (Wildman–Crippen LogP) is 3.02. The fraction of sp³-hybridized carbons (Fsp3) is 0.111. The van der Waals surface area contributed by atoms with Crippen LogP contribution in [0.3, 0.4) is 0 Å². The summed E-state index contributed by atoms with van der Waals surface area (Å²) < 4.78 is 32.7. The first-order valence-electron chi connectivity index (χ1n) is 7.55. The first-order chi connectivity index (χ1) is 12.0. The van der Waals surface area contributed by atoms with Crippen LogP contribution in [-0.4, -0.2) is 19.2 Å². The van der Waals surface area contributed by atoms with Gasteiger partial charge in [0.05, 0.1) is 11.2 Å². The molecule has 1 aromatic carbocycles. The van der Waals surface area contributed by atoms with E-state index < -0.39 is 10.0 Å². The molecule has 1 N–H and O–H groups in total. The van der Waals surface area contributed by atoms with E-state index in [1.807, 2.05) is 0 Å². The molecule has 0 bridgehead atoms. The van der Waals surface area contributed by atoms with E-state index in [4.69, 9.17) is 4.42 Å². The van der Waals surface area contributed by atoms with Crippen molar-refractivity contribution < 1.29 is 17.6 Å². The zero-order valence-electron chi connectivity index (χ0n) is 13.5. The number of furan rings is 1. The molecule has 0 aliphatic rings. The maximum atomic E-state index is 12.4. The molecule has 2 aromatic heterocycles. The van der Waals surface area contributed by atoms with Gasteiger partial charge in [-0.25, -0.2) is 13.1 Å². The molecule has 0 saturated carbocycles. The minimum atomic E-state index is -3.73. The Morgan fingerprint density at radius 1 is 1.16 bits per heavy atom. The summed E-state index contributed by atoms with van der Waals surface area (Å²) in [5.74, 6) is 0.424. The summed E-state index contributed by atoms with van der Waals surface area (Å²) in [6.07, 6.45) is 3.15. The molecule has 25 heavy (non-hydrogen) atoms. The molecule has 7 heteroatoms. The summed E-state index contributed by atoms with van der Waals surface area (Å²) in [5.41, 5.74) is 1.72. The molecule has 0 spiro atoms. The highest BCUT2D eigenvalue weighted by Gasteiger charge is 2.15. The van der Waals surface area contributed by atoms with E-state index in [1.165, 1.54) is 19.1 Å². The Morgan fingerprint density at radius 2 is 2.00 bits per heavy atom. The zero-order chi connectivity index (χ0) is 17.9. The fourth-order valence-electron chi connectivity index (χ4n) is 2.29. The van der Waals surface area contributed by atoms with E-state index in [0.717, 1.165) is 5.56 Å². The molecule has 128 valence electrons. The van der Waals surface area contributed by atoms with Crippen molar-refractivity contribution in [1.29, 1.82) is 0 Å². The Balaban J connectivity index is 1.78. The van der Waals surface area contributed by atoms with E-state index in [1.54, 1.807) is 48.9 Å². The third-order valence-electron chi connectivity index (χ3n) is 3.62. The number of Topliss-reactive ketones (excluding diaryl/α,β-unsaturated/α-hetero) is 1. The number of hydrogen-bond acceptors (Lipinski definition) is 5. The highest BCUT2D eigenvalue weighted by molar-refractivity contribution is 7.89. The van der Waals surface area contributed by atoms with E-state index in [9.17, 15) is 13.2 Å². The van der Waals surface area contributed by atoms with Crippen molar-refractivity contribution in [3.8, 4) is 11.5 Å². The van der Waals surface area contributed by atoms with Crippen molar-refractivity contribution in [1.82, 2.24) is 9.71 Å². The van der Waals surface area contributed by atoms with Gasteiger partial charge in [0.15, 0.2) is 11.5 Å². The number of carbonyl (C=O) groups is 1. The topological polar surface area (TPSA) is 89.3 Å².